The average molecular weight is 425 g/mol. The monoisotopic (exact) mass is 425 g/mol. The highest BCUT2D eigenvalue weighted by Gasteiger charge is 2.36. The van der Waals surface area contributed by atoms with Gasteiger partial charge in [-0.1, -0.05) is 49.4 Å². The molecule has 2 unspecified atom stereocenters. The molecule has 0 spiro atoms. The normalized spacial score (nSPS) is 14.6. The van der Waals surface area contributed by atoms with Crippen LogP contribution in [0.25, 0.3) is 0 Å². The van der Waals surface area contributed by atoms with E-state index in [1.54, 1.807) is 0 Å². The first-order chi connectivity index (χ1) is 11.1. The zero-order valence-corrected chi connectivity index (χ0v) is 15.1. The summed E-state index contributed by atoms with van der Waals surface area (Å²) in [4.78, 5) is 10.6. The molecule has 0 aliphatic heterocycles. The molecule has 0 saturated heterocycles. The van der Waals surface area contributed by atoms with E-state index in [0.717, 1.165) is 14.9 Å². The van der Waals surface area contributed by atoms with Gasteiger partial charge in [0.2, 0.25) is 0 Å². The average Bonchev–Trinajstić information content (AvgIpc) is 2.57. The zero-order chi connectivity index (χ0) is 16.7. The van der Waals surface area contributed by atoms with Gasteiger partial charge in [0.05, 0.1) is 3.57 Å². The third-order valence-electron chi connectivity index (χ3n) is 3.77. The Morgan fingerprint density at radius 3 is 2.43 bits per heavy atom. The number of carbonyl (C=O) groups excluding carboxylic acids is 1. The van der Waals surface area contributed by atoms with Gasteiger partial charge in [-0.25, -0.2) is 0 Å². The van der Waals surface area contributed by atoms with E-state index in [1.165, 1.54) is 0 Å². The summed E-state index contributed by atoms with van der Waals surface area (Å²) in [6.07, 6.45) is 0.337. The van der Waals surface area contributed by atoms with Crippen LogP contribution in [0.1, 0.15) is 25.3 Å². The molecule has 2 aromatic carbocycles. The van der Waals surface area contributed by atoms with Crippen LogP contribution in [0.15, 0.2) is 54.6 Å². The van der Waals surface area contributed by atoms with Gasteiger partial charge in [-0.15, -0.1) is 0 Å². The lowest BCUT2D eigenvalue weighted by molar-refractivity contribution is -0.136. The molecule has 122 valence electrons. The Hall–Kier alpha value is -1.60. The van der Waals surface area contributed by atoms with Gasteiger partial charge in [0, 0.05) is 6.42 Å². The van der Waals surface area contributed by atoms with Crippen molar-refractivity contribution < 1.29 is 14.3 Å². The molecule has 0 heterocycles. The highest BCUT2D eigenvalue weighted by atomic mass is 127. The van der Waals surface area contributed by atoms with Crippen LogP contribution < -0.4 is 10.5 Å². The van der Waals surface area contributed by atoms with Crippen LogP contribution >= 0.6 is 22.6 Å². The molecule has 2 atom stereocenters. The predicted octanol–water partition coefficient (Wildman–Crippen LogP) is 3.82. The highest BCUT2D eigenvalue weighted by molar-refractivity contribution is 14.1. The van der Waals surface area contributed by atoms with E-state index >= 15 is 0 Å². The smallest absolute Gasteiger partial charge is 0.294 e. The summed E-state index contributed by atoms with van der Waals surface area (Å²) >= 11 is 2.24. The zero-order valence-electron chi connectivity index (χ0n) is 12.9. The van der Waals surface area contributed by atoms with Gasteiger partial charge in [-0.05, 0) is 46.7 Å². The highest BCUT2D eigenvalue weighted by Crippen LogP contribution is 2.37. The first kappa shape index (κ1) is 17.7. The molecule has 0 saturated carbocycles. The molecular formula is C18H20INO3. The van der Waals surface area contributed by atoms with Gasteiger partial charge in [0.1, 0.15) is 11.4 Å². The molecule has 2 aromatic rings. The third kappa shape index (κ3) is 4.45. The number of para-hydroxylation sites is 1. The second-order valence-corrected chi connectivity index (χ2v) is 6.38. The first-order valence-electron chi connectivity index (χ1n) is 7.45. The summed E-state index contributed by atoms with van der Waals surface area (Å²) in [6.45, 7) is 2.42. The van der Waals surface area contributed by atoms with Crippen molar-refractivity contribution in [3.05, 3.63) is 63.7 Å². The first-order valence-corrected chi connectivity index (χ1v) is 8.53. The van der Waals surface area contributed by atoms with E-state index in [1.807, 2.05) is 61.5 Å². The molecule has 0 amide bonds. The number of nitrogens with two attached hydrogens (primary N) is 1. The second kappa shape index (κ2) is 8.31. The van der Waals surface area contributed by atoms with Crippen LogP contribution in [0, 0.1) is 3.57 Å². The van der Waals surface area contributed by atoms with E-state index in [2.05, 4.69) is 22.6 Å². The Morgan fingerprint density at radius 1 is 1.17 bits per heavy atom. The maximum absolute atomic E-state index is 10.6. The Kier molecular flexibility index (Phi) is 6.41. The van der Waals surface area contributed by atoms with Crippen molar-refractivity contribution in [2.24, 2.45) is 5.73 Å². The van der Waals surface area contributed by atoms with Crippen molar-refractivity contribution in [2.75, 3.05) is 0 Å². The summed E-state index contributed by atoms with van der Waals surface area (Å²) in [5, 5.41) is 0. The second-order valence-electron chi connectivity index (χ2n) is 5.22. The van der Waals surface area contributed by atoms with Crippen molar-refractivity contribution in [1.82, 2.24) is 0 Å². The van der Waals surface area contributed by atoms with Crippen LogP contribution in [0.3, 0.4) is 0 Å². The van der Waals surface area contributed by atoms with Crippen LogP contribution in [0.2, 0.25) is 0 Å². The van der Waals surface area contributed by atoms with Crippen LogP contribution in [0.4, 0.5) is 0 Å². The maximum Gasteiger partial charge on any atom is 0.294 e. The van der Waals surface area contributed by atoms with Crippen LogP contribution in [-0.2, 0) is 15.1 Å². The number of halogens is 1. The molecular weight excluding hydrogens is 405 g/mol. The predicted molar refractivity (Wildman–Crippen MR) is 97.9 cm³/mol. The fourth-order valence-electron chi connectivity index (χ4n) is 2.56. The van der Waals surface area contributed by atoms with Crippen molar-refractivity contribution in [2.45, 2.75) is 31.6 Å². The van der Waals surface area contributed by atoms with Gasteiger partial charge >= 0.3 is 0 Å². The largest absolute Gasteiger partial charge is 0.481 e. The Morgan fingerprint density at radius 2 is 1.83 bits per heavy atom. The molecule has 2 rings (SSSR count). The van der Waals surface area contributed by atoms with Crippen molar-refractivity contribution in [3.8, 4) is 5.75 Å². The van der Waals surface area contributed by atoms with E-state index < -0.39 is 11.8 Å². The fraction of sp³-hybridized carbons (Fsp3) is 0.278. The van der Waals surface area contributed by atoms with Crippen molar-refractivity contribution in [3.63, 3.8) is 0 Å². The van der Waals surface area contributed by atoms with E-state index in [4.69, 9.17) is 15.2 Å². The maximum atomic E-state index is 10.6. The quantitative estimate of drug-likeness (QED) is 0.397. The van der Waals surface area contributed by atoms with E-state index in [-0.39, 0.29) is 0 Å². The molecule has 2 N–H and O–H groups in total. The summed E-state index contributed by atoms with van der Waals surface area (Å²) < 4.78 is 12.3. The van der Waals surface area contributed by atoms with E-state index in [0.29, 0.717) is 19.3 Å². The van der Waals surface area contributed by atoms with E-state index in [9.17, 15) is 4.79 Å². The number of carbonyl (C=O) groups is 1. The molecule has 4 nitrogen and oxygen atoms in total. The molecule has 0 aliphatic carbocycles. The Balaban J connectivity index is 2.41. The number of benzene rings is 2. The molecule has 5 heteroatoms. The summed E-state index contributed by atoms with van der Waals surface area (Å²) in [6, 6.07) is 17.7. The fourth-order valence-corrected chi connectivity index (χ4v) is 3.06. The molecule has 0 bridgehead atoms. The van der Waals surface area contributed by atoms with Crippen LogP contribution in [0.5, 0.6) is 5.75 Å². The standard InChI is InChI=1S/C18H20INO3/c1-2-18(12-17(20)22-13-21,14-8-4-3-5-9-14)23-16-11-7-6-10-15(16)19/h3-11,13,17H,2,12,20H2,1H3. The van der Waals surface area contributed by atoms with Crippen molar-refractivity contribution >= 4 is 29.1 Å². The Labute approximate surface area is 150 Å². The molecule has 23 heavy (non-hydrogen) atoms. The van der Waals surface area contributed by atoms with Gasteiger partial charge in [-0.3, -0.25) is 10.5 Å². The molecule has 0 radical (unpaired) electrons. The minimum atomic E-state index is -0.728. The molecule has 0 aliphatic rings. The number of hydrogen-bond donors (Lipinski definition) is 1. The topological polar surface area (TPSA) is 61.5 Å². The SMILES string of the molecule is CCC(CC(N)OC=O)(Oc1ccccc1I)c1ccccc1. The summed E-state index contributed by atoms with van der Waals surface area (Å²) in [5.41, 5.74) is 6.28. The number of ether oxygens (including phenoxy) is 2. The summed E-state index contributed by atoms with van der Waals surface area (Å²) in [5.74, 6) is 0.789. The minimum Gasteiger partial charge on any atom is -0.481 e. The van der Waals surface area contributed by atoms with Gasteiger partial charge < -0.3 is 9.47 Å². The lowest BCUT2D eigenvalue weighted by Crippen LogP contribution is -2.40. The lowest BCUT2D eigenvalue weighted by Gasteiger charge is -2.36. The van der Waals surface area contributed by atoms with Crippen LogP contribution in [-0.4, -0.2) is 12.7 Å². The third-order valence-corrected chi connectivity index (χ3v) is 4.67. The number of rotatable bonds is 8. The Bertz CT molecular complexity index is 635. The van der Waals surface area contributed by atoms with Gasteiger partial charge in [0.15, 0.2) is 6.23 Å². The molecule has 0 aromatic heterocycles. The summed E-state index contributed by atoms with van der Waals surface area (Å²) in [7, 11) is 0. The lowest BCUT2D eigenvalue weighted by atomic mass is 9.86. The minimum absolute atomic E-state index is 0.372. The van der Waals surface area contributed by atoms with Gasteiger partial charge in [0.25, 0.3) is 6.47 Å². The molecule has 0 fully saturated rings. The van der Waals surface area contributed by atoms with Gasteiger partial charge in [-0.2, -0.15) is 0 Å². The van der Waals surface area contributed by atoms with Crippen molar-refractivity contribution in [1.29, 1.82) is 0 Å². The number of hydrogen-bond acceptors (Lipinski definition) is 4.